The summed E-state index contributed by atoms with van der Waals surface area (Å²) in [6.07, 6.45) is 0.713. The second kappa shape index (κ2) is 7.18. The SMILES string of the molecule is CNC[C@@H]1OCCc2c(-c3ccc(F)cc3F)cccc21.Cl. The zero-order valence-corrected chi connectivity index (χ0v) is 13.1. The van der Waals surface area contributed by atoms with E-state index in [9.17, 15) is 8.78 Å². The molecule has 0 amide bonds. The first-order valence-corrected chi connectivity index (χ1v) is 7.04. The maximum absolute atomic E-state index is 14.1. The number of ether oxygens (including phenoxy) is 1. The summed E-state index contributed by atoms with van der Waals surface area (Å²) >= 11 is 0. The Labute approximate surface area is 134 Å². The lowest BCUT2D eigenvalue weighted by Gasteiger charge is -2.28. The monoisotopic (exact) mass is 325 g/mol. The van der Waals surface area contributed by atoms with Crippen molar-refractivity contribution in [2.24, 2.45) is 0 Å². The maximum Gasteiger partial charge on any atom is 0.133 e. The molecule has 1 aliphatic rings. The zero-order valence-electron chi connectivity index (χ0n) is 12.2. The van der Waals surface area contributed by atoms with Gasteiger partial charge in [0.25, 0.3) is 0 Å². The van der Waals surface area contributed by atoms with Crippen LogP contribution < -0.4 is 5.32 Å². The van der Waals surface area contributed by atoms with Crippen LogP contribution in [0.25, 0.3) is 11.1 Å². The molecule has 1 aliphatic heterocycles. The molecule has 2 nitrogen and oxygen atoms in total. The molecule has 0 saturated carbocycles. The van der Waals surface area contributed by atoms with E-state index in [1.807, 2.05) is 25.2 Å². The average molecular weight is 326 g/mol. The van der Waals surface area contributed by atoms with Crippen LogP contribution >= 0.6 is 12.4 Å². The summed E-state index contributed by atoms with van der Waals surface area (Å²) in [5.41, 5.74) is 3.44. The lowest BCUT2D eigenvalue weighted by Crippen LogP contribution is -2.25. The minimum Gasteiger partial charge on any atom is -0.372 e. The third-order valence-electron chi connectivity index (χ3n) is 3.84. The molecule has 0 unspecified atom stereocenters. The highest BCUT2D eigenvalue weighted by atomic mass is 35.5. The molecule has 0 aromatic heterocycles. The van der Waals surface area contributed by atoms with Crippen molar-refractivity contribution >= 4 is 12.4 Å². The minimum atomic E-state index is -0.558. The van der Waals surface area contributed by atoms with Gasteiger partial charge in [0.1, 0.15) is 11.6 Å². The molecule has 0 radical (unpaired) electrons. The van der Waals surface area contributed by atoms with Gasteiger partial charge >= 0.3 is 0 Å². The molecule has 1 N–H and O–H groups in total. The molecule has 2 aromatic carbocycles. The number of benzene rings is 2. The number of fused-ring (bicyclic) bond motifs is 1. The molecule has 22 heavy (non-hydrogen) atoms. The van der Waals surface area contributed by atoms with Crippen LogP contribution in [0.3, 0.4) is 0 Å². The van der Waals surface area contributed by atoms with Gasteiger partial charge in [-0.1, -0.05) is 18.2 Å². The van der Waals surface area contributed by atoms with Gasteiger partial charge in [0, 0.05) is 18.2 Å². The summed E-state index contributed by atoms with van der Waals surface area (Å²) < 4.78 is 32.9. The van der Waals surface area contributed by atoms with Crippen LogP contribution in [0.5, 0.6) is 0 Å². The van der Waals surface area contributed by atoms with Crippen molar-refractivity contribution in [3.63, 3.8) is 0 Å². The molecule has 118 valence electrons. The molecule has 0 bridgehead atoms. The van der Waals surface area contributed by atoms with Crippen LogP contribution in [0, 0.1) is 11.6 Å². The fourth-order valence-electron chi connectivity index (χ4n) is 2.89. The third-order valence-corrected chi connectivity index (χ3v) is 3.84. The van der Waals surface area contributed by atoms with Gasteiger partial charge in [-0.2, -0.15) is 0 Å². The number of halogens is 3. The van der Waals surface area contributed by atoms with Crippen molar-refractivity contribution in [1.82, 2.24) is 5.32 Å². The van der Waals surface area contributed by atoms with E-state index in [1.54, 1.807) is 0 Å². The van der Waals surface area contributed by atoms with Gasteiger partial charge in [0.05, 0.1) is 12.7 Å². The Hall–Kier alpha value is -1.49. The molecule has 1 heterocycles. The Bertz CT molecular complexity index is 663. The highest BCUT2D eigenvalue weighted by Crippen LogP contribution is 2.35. The van der Waals surface area contributed by atoms with Gasteiger partial charge in [-0.05, 0) is 42.3 Å². The number of hydrogen-bond acceptors (Lipinski definition) is 2. The van der Waals surface area contributed by atoms with Crippen LogP contribution in [-0.2, 0) is 11.2 Å². The van der Waals surface area contributed by atoms with Gasteiger partial charge in [-0.25, -0.2) is 8.78 Å². The predicted octanol–water partition coefficient (Wildman–Crippen LogP) is 3.89. The molecule has 0 saturated heterocycles. The summed E-state index contributed by atoms with van der Waals surface area (Å²) in [5, 5.41) is 3.11. The Morgan fingerprint density at radius 2 is 2.00 bits per heavy atom. The third kappa shape index (κ3) is 3.14. The highest BCUT2D eigenvalue weighted by molar-refractivity contribution is 5.85. The molecule has 0 spiro atoms. The quantitative estimate of drug-likeness (QED) is 0.924. The van der Waals surface area contributed by atoms with E-state index in [1.165, 1.54) is 12.1 Å². The molecule has 0 fully saturated rings. The van der Waals surface area contributed by atoms with Gasteiger partial charge in [-0.15, -0.1) is 12.4 Å². The van der Waals surface area contributed by atoms with Gasteiger partial charge in [0.15, 0.2) is 0 Å². The largest absolute Gasteiger partial charge is 0.372 e. The summed E-state index contributed by atoms with van der Waals surface area (Å²) in [5.74, 6) is -1.09. The normalized spacial score (nSPS) is 16.8. The van der Waals surface area contributed by atoms with Gasteiger partial charge in [-0.3, -0.25) is 0 Å². The van der Waals surface area contributed by atoms with Gasteiger partial charge in [0.2, 0.25) is 0 Å². The van der Waals surface area contributed by atoms with Crippen LogP contribution in [0.15, 0.2) is 36.4 Å². The Morgan fingerprint density at radius 3 is 2.73 bits per heavy atom. The van der Waals surface area contributed by atoms with E-state index in [-0.39, 0.29) is 18.5 Å². The van der Waals surface area contributed by atoms with Gasteiger partial charge < -0.3 is 10.1 Å². The highest BCUT2D eigenvalue weighted by Gasteiger charge is 2.23. The van der Waals surface area contributed by atoms with Crippen molar-refractivity contribution in [2.75, 3.05) is 20.2 Å². The van der Waals surface area contributed by atoms with E-state index < -0.39 is 11.6 Å². The lowest BCUT2D eigenvalue weighted by atomic mass is 9.89. The van der Waals surface area contributed by atoms with Crippen molar-refractivity contribution in [3.8, 4) is 11.1 Å². The summed E-state index contributed by atoms with van der Waals surface area (Å²) in [7, 11) is 1.88. The number of hydrogen-bond donors (Lipinski definition) is 1. The fraction of sp³-hybridized carbons (Fsp3) is 0.294. The fourth-order valence-corrected chi connectivity index (χ4v) is 2.89. The van der Waals surface area contributed by atoms with E-state index in [0.29, 0.717) is 18.7 Å². The van der Waals surface area contributed by atoms with Crippen LogP contribution in [0.4, 0.5) is 8.78 Å². The molecule has 3 rings (SSSR count). The van der Waals surface area contributed by atoms with Crippen LogP contribution in [-0.4, -0.2) is 20.2 Å². The first-order valence-electron chi connectivity index (χ1n) is 7.04. The molecule has 0 aliphatic carbocycles. The topological polar surface area (TPSA) is 21.3 Å². The zero-order chi connectivity index (χ0) is 14.8. The summed E-state index contributed by atoms with van der Waals surface area (Å²) in [4.78, 5) is 0. The van der Waals surface area contributed by atoms with Crippen molar-refractivity contribution in [1.29, 1.82) is 0 Å². The number of rotatable bonds is 3. The van der Waals surface area contributed by atoms with E-state index in [2.05, 4.69) is 5.32 Å². The Balaban J connectivity index is 0.00000176. The summed E-state index contributed by atoms with van der Waals surface area (Å²) in [6.45, 7) is 1.32. The smallest absolute Gasteiger partial charge is 0.133 e. The first kappa shape index (κ1) is 16.9. The average Bonchev–Trinajstić information content (AvgIpc) is 2.48. The molecular formula is C17H18ClF2NO. The second-order valence-electron chi connectivity index (χ2n) is 5.16. The maximum atomic E-state index is 14.1. The van der Waals surface area contributed by atoms with Crippen LogP contribution in [0.1, 0.15) is 17.2 Å². The number of nitrogens with one attached hydrogen (secondary N) is 1. The van der Waals surface area contributed by atoms with Crippen molar-refractivity contribution in [3.05, 3.63) is 59.2 Å². The second-order valence-corrected chi connectivity index (χ2v) is 5.16. The molecular weight excluding hydrogens is 308 g/mol. The Kier molecular flexibility index (Phi) is 5.51. The summed E-state index contributed by atoms with van der Waals surface area (Å²) in [6, 6.07) is 9.52. The van der Waals surface area contributed by atoms with E-state index in [0.717, 1.165) is 29.2 Å². The lowest BCUT2D eigenvalue weighted by molar-refractivity contribution is 0.0440. The number of likely N-dealkylation sites (N-methyl/N-ethyl adjacent to an activating group) is 1. The van der Waals surface area contributed by atoms with Crippen LogP contribution in [0.2, 0.25) is 0 Å². The van der Waals surface area contributed by atoms with E-state index >= 15 is 0 Å². The predicted molar refractivity (Wildman–Crippen MR) is 85.4 cm³/mol. The van der Waals surface area contributed by atoms with Crippen molar-refractivity contribution < 1.29 is 13.5 Å². The molecule has 2 aromatic rings. The minimum absolute atomic E-state index is 0. The Morgan fingerprint density at radius 1 is 1.18 bits per heavy atom. The van der Waals surface area contributed by atoms with E-state index in [4.69, 9.17) is 4.74 Å². The molecule has 5 heteroatoms. The molecule has 1 atom stereocenters. The standard InChI is InChI=1S/C17H17F2NO.ClH/c1-20-10-17-15-4-2-3-12(13(15)7-8-21-17)14-6-5-11(18)9-16(14)19;/h2-6,9,17,20H,7-8,10H2,1H3;1H/t17-;/m0./s1. The van der Waals surface area contributed by atoms with Crippen molar-refractivity contribution in [2.45, 2.75) is 12.5 Å². The first-order chi connectivity index (χ1) is 10.2.